The smallest absolute Gasteiger partial charge is 0.228 e. The molecule has 0 aliphatic carbocycles. The van der Waals surface area contributed by atoms with Gasteiger partial charge in [-0.05, 0) is 30.2 Å². The van der Waals surface area contributed by atoms with Crippen molar-refractivity contribution in [1.82, 2.24) is 19.9 Å². The third-order valence-electron chi connectivity index (χ3n) is 4.06. The van der Waals surface area contributed by atoms with Crippen molar-refractivity contribution in [2.75, 3.05) is 5.32 Å². The molecule has 28 heavy (non-hydrogen) atoms. The number of carbonyl (C=O) groups is 1. The Morgan fingerprint density at radius 3 is 2.39 bits per heavy atom. The monoisotopic (exact) mass is 387 g/mol. The molecule has 3 aromatic heterocycles. The number of benzene rings is 1. The topological polar surface area (TPSA) is 80.7 Å². The first-order valence-corrected chi connectivity index (χ1v) is 9.64. The standard InChI is InChI=1S/C21H17N5OS/c27-17(11-10-15-7-2-1-3-8-15)19-18(16-9-4-5-12-22-16)25-21(28-19)26-20-23-13-6-14-24-20/h1-9,12-14H,10-11H2,(H,23,24,25,26). The average molecular weight is 387 g/mol. The summed E-state index contributed by atoms with van der Waals surface area (Å²) in [6.07, 6.45) is 6.08. The van der Waals surface area contributed by atoms with Crippen LogP contribution in [0, 0.1) is 0 Å². The summed E-state index contributed by atoms with van der Waals surface area (Å²) in [5.41, 5.74) is 2.39. The fraction of sp³-hybridized carbons (Fsp3) is 0.0952. The Kier molecular flexibility index (Phi) is 5.44. The molecule has 138 valence electrons. The van der Waals surface area contributed by atoms with Crippen LogP contribution in [0.2, 0.25) is 0 Å². The number of aromatic nitrogens is 4. The molecule has 7 heteroatoms. The molecule has 0 aliphatic heterocycles. The molecule has 0 fully saturated rings. The molecule has 0 unspecified atom stereocenters. The summed E-state index contributed by atoms with van der Waals surface area (Å²) in [5.74, 6) is 0.483. The lowest BCUT2D eigenvalue weighted by Gasteiger charge is -2.02. The normalized spacial score (nSPS) is 10.6. The molecule has 0 spiro atoms. The van der Waals surface area contributed by atoms with Crippen LogP contribution in [0.4, 0.5) is 11.1 Å². The molecule has 0 saturated carbocycles. The zero-order valence-electron chi connectivity index (χ0n) is 14.9. The Morgan fingerprint density at radius 2 is 1.64 bits per heavy atom. The number of nitrogens with one attached hydrogen (secondary N) is 1. The maximum absolute atomic E-state index is 13.0. The zero-order chi connectivity index (χ0) is 19.2. The number of rotatable bonds is 7. The number of aryl methyl sites for hydroxylation is 1. The molecule has 1 N–H and O–H groups in total. The van der Waals surface area contributed by atoms with Crippen LogP contribution in [0.15, 0.2) is 73.2 Å². The Hall–Kier alpha value is -3.45. The van der Waals surface area contributed by atoms with Gasteiger partial charge in [-0.1, -0.05) is 47.7 Å². The summed E-state index contributed by atoms with van der Waals surface area (Å²) in [6.45, 7) is 0. The van der Waals surface area contributed by atoms with E-state index in [-0.39, 0.29) is 5.78 Å². The molecular formula is C21H17N5OS. The Bertz CT molecular complexity index is 1050. The lowest BCUT2D eigenvalue weighted by atomic mass is 10.1. The maximum atomic E-state index is 13.0. The molecule has 0 atom stereocenters. The summed E-state index contributed by atoms with van der Waals surface area (Å²) in [6, 6.07) is 17.3. The van der Waals surface area contributed by atoms with Crippen molar-refractivity contribution in [1.29, 1.82) is 0 Å². The van der Waals surface area contributed by atoms with E-state index in [4.69, 9.17) is 0 Å². The largest absolute Gasteiger partial charge is 0.300 e. The van der Waals surface area contributed by atoms with E-state index in [9.17, 15) is 4.79 Å². The highest BCUT2D eigenvalue weighted by Crippen LogP contribution is 2.32. The molecule has 0 bridgehead atoms. The summed E-state index contributed by atoms with van der Waals surface area (Å²) >= 11 is 1.30. The number of ketones is 1. The van der Waals surface area contributed by atoms with E-state index in [0.29, 0.717) is 40.2 Å². The van der Waals surface area contributed by atoms with E-state index < -0.39 is 0 Å². The van der Waals surface area contributed by atoms with Gasteiger partial charge in [0, 0.05) is 25.0 Å². The number of anilines is 2. The predicted octanol–water partition coefficient (Wildman–Crippen LogP) is 4.55. The summed E-state index contributed by atoms with van der Waals surface area (Å²) in [5, 5.41) is 3.63. The number of Topliss-reactive ketones (excluding diaryl/α,β-unsaturated/α-hetero) is 1. The fourth-order valence-corrected chi connectivity index (χ4v) is 3.65. The first-order valence-electron chi connectivity index (χ1n) is 8.83. The van der Waals surface area contributed by atoms with Crippen LogP contribution in [0.1, 0.15) is 21.7 Å². The first kappa shape index (κ1) is 17.9. The van der Waals surface area contributed by atoms with E-state index in [1.165, 1.54) is 11.3 Å². The molecule has 0 radical (unpaired) electrons. The second-order valence-corrected chi connectivity index (χ2v) is 7.02. The molecule has 1 aromatic carbocycles. The van der Waals surface area contributed by atoms with E-state index >= 15 is 0 Å². The van der Waals surface area contributed by atoms with E-state index in [1.54, 1.807) is 24.7 Å². The van der Waals surface area contributed by atoms with Gasteiger partial charge < -0.3 is 5.32 Å². The number of pyridine rings is 1. The van der Waals surface area contributed by atoms with Crippen LogP contribution in [-0.2, 0) is 6.42 Å². The highest BCUT2D eigenvalue weighted by Gasteiger charge is 2.20. The van der Waals surface area contributed by atoms with Gasteiger partial charge in [0.25, 0.3) is 0 Å². The number of hydrogen-bond donors (Lipinski definition) is 1. The highest BCUT2D eigenvalue weighted by molar-refractivity contribution is 7.18. The van der Waals surface area contributed by atoms with Gasteiger partial charge >= 0.3 is 0 Å². The number of nitrogens with zero attached hydrogens (tertiary/aromatic N) is 4. The first-order chi connectivity index (χ1) is 13.8. The van der Waals surface area contributed by atoms with Crippen molar-refractivity contribution in [2.45, 2.75) is 12.8 Å². The molecule has 0 saturated heterocycles. The number of thiazole rings is 1. The van der Waals surface area contributed by atoms with Crippen molar-refractivity contribution in [2.24, 2.45) is 0 Å². The Morgan fingerprint density at radius 1 is 0.893 bits per heavy atom. The van der Waals surface area contributed by atoms with Gasteiger partial charge in [-0.2, -0.15) is 0 Å². The third kappa shape index (κ3) is 4.27. The minimum atomic E-state index is 0.0454. The molecule has 4 aromatic rings. The minimum absolute atomic E-state index is 0.0454. The second kappa shape index (κ2) is 8.49. The van der Waals surface area contributed by atoms with Crippen molar-refractivity contribution < 1.29 is 4.79 Å². The lowest BCUT2D eigenvalue weighted by Crippen LogP contribution is -2.01. The van der Waals surface area contributed by atoms with Gasteiger partial charge in [-0.15, -0.1) is 0 Å². The maximum Gasteiger partial charge on any atom is 0.228 e. The van der Waals surface area contributed by atoms with Crippen LogP contribution >= 0.6 is 11.3 Å². The number of hydrogen-bond acceptors (Lipinski definition) is 7. The fourth-order valence-electron chi connectivity index (χ4n) is 2.71. The quantitative estimate of drug-likeness (QED) is 0.469. The predicted molar refractivity (Wildman–Crippen MR) is 110 cm³/mol. The van der Waals surface area contributed by atoms with Gasteiger partial charge in [0.05, 0.1) is 5.69 Å². The second-order valence-electron chi connectivity index (χ2n) is 6.02. The van der Waals surface area contributed by atoms with Crippen LogP contribution in [-0.4, -0.2) is 25.7 Å². The van der Waals surface area contributed by atoms with Crippen LogP contribution in [0.3, 0.4) is 0 Å². The van der Waals surface area contributed by atoms with Gasteiger partial charge in [0.2, 0.25) is 5.95 Å². The third-order valence-corrected chi connectivity index (χ3v) is 5.07. The van der Waals surface area contributed by atoms with Gasteiger partial charge in [0.15, 0.2) is 10.9 Å². The van der Waals surface area contributed by atoms with Gasteiger partial charge in [-0.25, -0.2) is 15.0 Å². The highest BCUT2D eigenvalue weighted by atomic mass is 32.1. The molecule has 6 nitrogen and oxygen atoms in total. The van der Waals surface area contributed by atoms with Crippen molar-refractivity contribution >= 4 is 28.2 Å². The zero-order valence-corrected chi connectivity index (χ0v) is 15.8. The van der Waals surface area contributed by atoms with E-state index in [2.05, 4.69) is 25.3 Å². The van der Waals surface area contributed by atoms with Crippen LogP contribution in [0.5, 0.6) is 0 Å². The van der Waals surface area contributed by atoms with Gasteiger partial charge in [0.1, 0.15) is 10.6 Å². The molecule has 0 aliphatic rings. The molecule has 3 heterocycles. The summed E-state index contributed by atoms with van der Waals surface area (Å²) in [4.78, 5) is 30.8. The van der Waals surface area contributed by atoms with E-state index in [0.717, 1.165) is 5.56 Å². The molecular weight excluding hydrogens is 370 g/mol. The summed E-state index contributed by atoms with van der Waals surface area (Å²) in [7, 11) is 0. The molecule has 0 amide bonds. The Labute approximate surface area is 166 Å². The average Bonchev–Trinajstić information content (AvgIpc) is 3.18. The van der Waals surface area contributed by atoms with Crippen LogP contribution < -0.4 is 5.32 Å². The van der Waals surface area contributed by atoms with Crippen LogP contribution in [0.25, 0.3) is 11.4 Å². The van der Waals surface area contributed by atoms with Crippen molar-refractivity contribution in [3.05, 3.63) is 83.6 Å². The minimum Gasteiger partial charge on any atom is -0.300 e. The lowest BCUT2D eigenvalue weighted by molar-refractivity contribution is 0.0987. The van der Waals surface area contributed by atoms with Gasteiger partial charge in [-0.3, -0.25) is 9.78 Å². The number of carbonyl (C=O) groups excluding carboxylic acids is 1. The van der Waals surface area contributed by atoms with E-state index in [1.807, 2.05) is 48.5 Å². The summed E-state index contributed by atoms with van der Waals surface area (Å²) < 4.78 is 0. The Balaban J connectivity index is 1.61. The van der Waals surface area contributed by atoms with Crippen molar-refractivity contribution in [3.8, 4) is 11.4 Å². The SMILES string of the molecule is O=C(CCc1ccccc1)c1sc(Nc2ncccn2)nc1-c1ccccn1. The van der Waals surface area contributed by atoms with Crippen molar-refractivity contribution in [3.63, 3.8) is 0 Å². The molecule has 4 rings (SSSR count).